The van der Waals surface area contributed by atoms with Gasteiger partial charge < -0.3 is 10.4 Å². The highest BCUT2D eigenvalue weighted by Gasteiger charge is 2.21. The molecule has 0 aromatic carbocycles. The maximum absolute atomic E-state index is 10.7. The van der Waals surface area contributed by atoms with Crippen LogP contribution in [0, 0.1) is 11.3 Å². The van der Waals surface area contributed by atoms with Gasteiger partial charge in [0.1, 0.15) is 4.88 Å². The van der Waals surface area contributed by atoms with Crippen LogP contribution in [-0.4, -0.2) is 17.6 Å². The molecule has 1 aromatic rings. The molecular formula is C13H21NO2S. The van der Waals surface area contributed by atoms with Crippen molar-refractivity contribution in [1.82, 2.24) is 5.32 Å². The van der Waals surface area contributed by atoms with Gasteiger partial charge in [-0.25, -0.2) is 4.79 Å². The van der Waals surface area contributed by atoms with Crippen molar-refractivity contribution in [3.8, 4) is 0 Å². The first-order valence-corrected chi connectivity index (χ1v) is 6.67. The molecule has 0 aliphatic rings. The summed E-state index contributed by atoms with van der Waals surface area (Å²) in [6, 6.07) is 3.54. The van der Waals surface area contributed by atoms with E-state index in [1.54, 1.807) is 6.07 Å². The summed E-state index contributed by atoms with van der Waals surface area (Å²) >= 11 is 1.34. The van der Waals surface area contributed by atoms with Crippen LogP contribution in [0.15, 0.2) is 12.1 Å². The molecule has 96 valence electrons. The Morgan fingerprint density at radius 3 is 2.59 bits per heavy atom. The molecule has 1 heterocycles. The number of rotatable bonds is 6. The van der Waals surface area contributed by atoms with Crippen LogP contribution in [0.3, 0.4) is 0 Å². The molecule has 0 bridgehead atoms. The van der Waals surface area contributed by atoms with E-state index < -0.39 is 5.97 Å². The van der Waals surface area contributed by atoms with Crippen molar-refractivity contribution >= 4 is 17.3 Å². The predicted octanol–water partition coefficient (Wildman–Crippen LogP) is 3.22. The zero-order valence-electron chi connectivity index (χ0n) is 10.9. The molecule has 4 heteroatoms. The first-order valence-electron chi connectivity index (χ1n) is 5.85. The molecule has 0 spiro atoms. The summed E-state index contributed by atoms with van der Waals surface area (Å²) in [6.07, 6.45) is 0. The van der Waals surface area contributed by atoms with Crippen molar-refractivity contribution < 1.29 is 9.90 Å². The Hall–Kier alpha value is -0.870. The van der Waals surface area contributed by atoms with Gasteiger partial charge in [-0.15, -0.1) is 11.3 Å². The molecule has 2 N–H and O–H groups in total. The van der Waals surface area contributed by atoms with Crippen molar-refractivity contribution in [2.75, 3.05) is 6.54 Å². The topological polar surface area (TPSA) is 49.3 Å². The summed E-state index contributed by atoms with van der Waals surface area (Å²) in [7, 11) is 0. The van der Waals surface area contributed by atoms with E-state index in [0.717, 1.165) is 18.0 Å². The van der Waals surface area contributed by atoms with Gasteiger partial charge >= 0.3 is 5.97 Å². The zero-order valence-corrected chi connectivity index (χ0v) is 11.7. The Bertz CT molecular complexity index is 383. The van der Waals surface area contributed by atoms with Crippen molar-refractivity contribution in [2.24, 2.45) is 11.3 Å². The molecule has 0 fully saturated rings. The van der Waals surface area contributed by atoms with Crippen molar-refractivity contribution in [2.45, 2.75) is 34.2 Å². The fourth-order valence-electron chi connectivity index (χ4n) is 1.30. The Morgan fingerprint density at radius 1 is 1.47 bits per heavy atom. The minimum atomic E-state index is -0.844. The summed E-state index contributed by atoms with van der Waals surface area (Å²) in [5.41, 5.74) is 0.257. The third-order valence-electron chi connectivity index (χ3n) is 3.32. The van der Waals surface area contributed by atoms with Gasteiger partial charge in [0, 0.05) is 18.0 Å². The lowest BCUT2D eigenvalue weighted by molar-refractivity contribution is 0.0702. The van der Waals surface area contributed by atoms with Crippen LogP contribution in [0.5, 0.6) is 0 Å². The third kappa shape index (κ3) is 4.13. The number of carboxylic acids is 1. The van der Waals surface area contributed by atoms with Crippen LogP contribution in [0.4, 0.5) is 0 Å². The van der Waals surface area contributed by atoms with Gasteiger partial charge in [0.15, 0.2) is 0 Å². The van der Waals surface area contributed by atoms with Crippen LogP contribution in [0.1, 0.15) is 42.2 Å². The number of hydrogen-bond acceptors (Lipinski definition) is 3. The number of thiophene rings is 1. The second-order valence-electron chi connectivity index (χ2n) is 5.32. The lowest BCUT2D eigenvalue weighted by Crippen LogP contribution is -2.32. The standard InChI is InChI=1S/C13H21NO2S/c1-9(2)13(3,4)8-14-7-10-5-6-11(17-10)12(15)16/h5-6,9,14H,7-8H2,1-4H3,(H,15,16). The van der Waals surface area contributed by atoms with Gasteiger partial charge in [-0.2, -0.15) is 0 Å². The summed E-state index contributed by atoms with van der Waals surface area (Å²) in [4.78, 5) is 12.2. The smallest absolute Gasteiger partial charge is 0.345 e. The SMILES string of the molecule is CC(C)C(C)(C)CNCc1ccc(C(=O)O)s1. The van der Waals surface area contributed by atoms with E-state index in [0.29, 0.717) is 10.8 Å². The van der Waals surface area contributed by atoms with Crippen LogP contribution in [-0.2, 0) is 6.54 Å². The maximum atomic E-state index is 10.7. The molecule has 0 saturated heterocycles. The number of aromatic carboxylic acids is 1. The molecule has 0 aliphatic carbocycles. The highest BCUT2D eigenvalue weighted by atomic mass is 32.1. The molecule has 0 atom stereocenters. The second-order valence-corrected chi connectivity index (χ2v) is 6.49. The molecule has 0 saturated carbocycles. The average molecular weight is 255 g/mol. The van der Waals surface area contributed by atoms with Crippen LogP contribution in [0.25, 0.3) is 0 Å². The van der Waals surface area contributed by atoms with Gasteiger partial charge in [-0.05, 0) is 23.5 Å². The Balaban J connectivity index is 2.43. The van der Waals surface area contributed by atoms with Crippen LogP contribution < -0.4 is 5.32 Å². The molecule has 0 aliphatic heterocycles. The van der Waals surface area contributed by atoms with E-state index in [4.69, 9.17) is 5.11 Å². The van der Waals surface area contributed by atoms with E-state index in [1.807, 2.05) is 6.07 Å². The van der Waals surface area contributed by atoms with Gasteiger partial charge in [0.25, 0.3) is 0 Å². The second kappa shape index (κ2) is 5.65. The maximum Gasteiger partial charge on any atom is 0.345 e. The zero-order chi connectivity index (χ0) is 13.1. The van der Waals surface area contributed by atoms with E-state index in [1.165, 1.54) is 11.3 Å². The minimum Gasteiger partial charge on any atom is -0.477 e. The van der Waals surface area contributed by atoms with Gasteiger partial charge in [-0.3, -0.25) is 0 Å². The molecule has 0 amide bonds. The molecule has 0 unspecified atom stereocenters. The predicted molar refractivity (Wildman–Crippen MR) is 71.6 cm³/mol. The van der Waals surface area contributed by atoms with E-state index in [9.17, 15) is 4.79 Å². The first-order chi connectivity index (χ1) is 7.83. The largest absolute Gasteiger partial charge is 0.477 e. The third-order valence-corrected chi connectivity index (χ3v) is 4.39. The number of carboxylic acid groups (broad SMARTS) is 1. The lowest BCUT2D eigenvalue weighted by atomic mass is 9.81. The highest BCUT2D eigenvalue weighted by Crippen LogP contribution is 2.25. The number of hydrogen-bond donors (Lipinski definition) is 2. The first kappa shape index (κ1) is 14.2. The van der Waals surface area contributed by atoms with Crippen molar-refractivity contribution in [1.29, 1.82) is 0 Å². The normalized spacial score (nSPS) is 12.1. The van der Waals surface area contributed by atoms with Crippen LogP contribution >= 0.6 is 11.3 Å². The lowest BCUT2D eigenvalue weighted by Gasteiger charge is -2.29. The molecule has 17 heavy (non-hydrogen) atoms. The van der Waals surface area contributed by atoms with E-state index in [-0.39, 0.29) is 5.41 Å². The highest BCUT2D eigenvalue weighted by molar-refractivity contribution is 7.13. The Kier molecular flexibility index (Phi) is 4.71. The molecular weight excluding hydrogens is 234 g/mol. The Labute approximate surface area is 107 Å². The summed E-state index contributed by atoms with van der Waals surface area (Å²) in [5, 5.41) is 12.2. The van der Waals surface area contributed by atoms with E-state index in [2.05, 4.69) is 33.0 Å². The molecule has 1 rings (SSSR count). The summed E-state index contributed by atoms with van der Waals surface area (Å²) in [5.74, 6) is -0.225. The number of carbonyl (C=O) groups is 1. The molecule has 0 radical (unpaired) electrons. The fraction of sp³-hybridized carbons (Fsp3) is 0.615. The summed E-state index contributed by atoms with van der Waals surface area (Å²) in [6.45, 7) is 10.6. The Morgan fingerprint density at radius 2 is 2.12 bits per heavy atom. The van der Waals surface area contributed by atoms with E-state index >= 15 is 0 Å². The van der Waals surface area contributed by atoms with Gasteiger partial charge in [0.05, 0.1) is 0 Å². The van der Waals surface area contributed by atoms with Crippen LogP contribution in [0.2, 0.25) is 0 Å². The van der Waals surface area contributed by atoms with Gasteiger partial charge in [0.2, 0.25) is 0 Å². The minimum absolute atomic E-state index is 0.257. The van der Waals surface area contributed by atoms with Crippen molar-refractivity contribution in [3.63, 3.8) is 0 Å². The summed E-state index contributed by atoms with van der Waals surface area (Å²) < 4.78 is 0. The molecule has 3 nitrogen and oxygen atoms in total. The molecule has 1 aromatic heterocycles. The number of nitrogens with one attached hydrogen (secondary N) is 1. The van der Waals surface area contributed by atoms with Gasteiger partial charge in [-0.1, -0.05) is 27.7 Å². The quantitative estimate of drug-likeness (QED) is 0.820. The van der Waals surface area contributed by atoms with Crippen molar-refractivity contribution in [3.05, 3.63) is 21.9 Å². The monoisotopic (exact) mass is 255 g/mol. The average Bonchev–Trinajstić information content (AvgIpc) is 2.66. The fourth-order valence-corrected chi connectivity index (χ4v) is 2.12.